The standard InChI is InChI=1S/C24H24N6O2S/c25-22(32)20-12-6-7-13-29(20)21(31)15-33-24-28-27-23(30(24)17-9-2-1-3-10-17)19-14-16-8-4-5-11-18(16)26-19/h1-5,8-11,14,20,26H,6-7,12-13,15H2,(H2,25,32). The van der Waals surface area contributed by atoms with Gasteiger partial charge in [-0.05, 0) is 43.5 Å². The van der Waals surface area contributed by atoms with E-state index in [1.807, 2.05) is 65.2 Å². The number of nitrogens with one attached hydrogen (secondary N) is 1. The summed E-state index contributed by atoms with van der Waals surface area (Å²) in [4.78, 5) is 29.8. The van der Waals surface area contributed by atoms with Crippen LogP contribution < -0.4 is 5.73 Å². The summed E-state index contributed by atoms with van der Waals surface area (Å²) in [6.07, 6.45) is 2.40. The Hall–Kier alpha value is -3.59. The highest BCUT2D eigenvalue weighted by Crippen LogP contribution is 2.30. The predicted octanol–water partition coefficient (Wildman–Crippen LogP) is 3.37. The number of amides is 2. The number of fused-ring (bicyclic) bond motifs is 1. The van der Waals surface area contributed by atoms with E-state index >= 15 is 0 Å². The van der Waals surface area contributed by atoms with E-state index in [0.717, 1.165) is 35.1 Å². The number of para-hydroxylation sites is 2. The van der Waals surface area contributed by atoms with E-state index in [2.05, 4.69) is 15.2 Å². The van der Waals surface area contributed by atoms with Crippen molar-refractivity contribution in [1.29, 1.82) is 0 Å². The van der Waals surface area contributed by atoms with Crippen LogP contribution >= 0.6 is 11.8 Å². The van der Waals surface area contributed by atoms with Crippen molar-refractivity contribution >= 4 is 34.5 Å². The van der Waals surface area contributed by atoms with Crippen LogP contribution in [-0.4, -0.2) is 54.8 Å². The molecule has 3 heterocycles. The predicted molar refractivity (Wildman–Crippen MR) is 128 cm³/mol. The Morgan fingerprint density at radius 1 is 1.06 bits per heavy atom. The van der Waals surface area contributed by atoms with Crippen LogP contribution in [0, 0.1) is 0 Å². The lowest BCUT2D eigenvalue weighted by Gasteiger charge is -2.33. The van der Waals surface area contributed by atoms with Gasteiger partial charge in [-0.25, -0.2) is 0 Å². The van der Waals surface area contributed by atoms with Crippen LogP contribution in [0.1, 0.15) is 19.3 Å². The van der Waals surface area contributed by atoms with Crippen molar-refractivity contribution in [2.75, 3.05) is 12.3 Å². The molecule has 1 fully saturated rings. The van der Waals surface area contributed by atoms with Gasteiger partial charge >= 0.3 is 0 Å². The monoisotopic (exact) mass is 460 g/mol. The molecule has 168 valence electrons. The maximum atomic E-state index is 13.0. The van der Waals surface area contributed by atoms with Crippen molar-refractivity contribution in [3.63, 3.8) is 0 Å². The molecule has 2 amide bonds. The summed E-state index contributed by atoms with van der Waals surface area (Å²) < 4.78 is 1.95. The fourth-order valence-electron chi connectivity index (χ4n) is 4.28. The second-order valence-electron chi connectivity index (χ2n) is 8.04. The van der Waals surface area contributed by atoms with Crippen LogP contribution in [0.5, 0.6) is 0 Å². The fourth-order valence-corrected chi connectivity index (χ4v) is 5.11. The number of carbonyl (C=O) groups is 2. The number of benzene rings is 2. The third kappa shape index (κ3) is 4.23. The van der Waals surface area contributed by atoms with Crippen LogP contribution in [0.2, 0.25) is 0 Å². The van der Waals surface area contributed by atoms with E-state index in [4.69, 9.17) is 5.73 Å². The van der Waals surface area contributed by atoms with Crippen molar-refractivity contribution in [3.8, 4) is 17.2 Å². The Labute approximate surface area is 195 Å². The first-order valence-electron chi connectivity index (χ1n) is 10.9. The summed E-state index contributed by atoms with van der Waals surface area (Å²) in [5.41, 5.74) is 8.29. The summed E-state index contributed by atoms with van der Waals surface area (Å²) in [6.45, 7) is 0.554. The van der Waals surface area contributed by atoms with Gasteiger partial charge in [0.25, 0.3) is 0 Å². The molecular weight excluding hydrogens is 436 g/mol. The first-order valence-corrected chi connectivity index (χ1v) is 11.9. The summed E-state index contributed by atoms with van der Waals surface area (Å²) in [5.74, 6) is 0.266. The zero-order chi connectivity index (χ0) is 22.8. The second kappa shape index (κ2) is 9.11. The lowest BCUT2D eigenvalue weighted by Crippen LogP contribution is -2.51. The fraction of sp³-hybridized carbons (Fsp3) is 0.250. The summed E-state index contributed by atoms with van der Waals surface area (Å²) in [7, 11) is 0. The molecule has 3 N–H and O–H groups in total. The largest absolute Gasteiger partial charge is 0.368 e. The molecule has 0 aliphatic carbocycles. The summed E-state index contributed by atoms with van der Waals surface area (Å²) in [6, 6.07) is 19.4. The maximum absolute atomic E-state index is 13.0. The number of hydrogen-bond donors (Lipinski definition) is 2. The third-order valence-electron chi connectivity index (χ3n) is 5.89. The Kier molecular flexibility index (Phi) is 5.87. The van der Waals surface area contributed by atoms with Gasteiger partial charge in [0.05, 0.1) is 11.4 Å². The number of rotatable bonds is 6. The van der Waals surface area contributed by atoms with Gasteiger partial charge in [-0.2, -0.15) is 0 Å². The quantitative estimate of drug-likeness (QED) is 0.429. The maximum Gasteiger partial charge on any atom is 0.240 e. The number of likely N-dealkylation sites (tertiary alicyclic amines) is 1. The first kappa shape index (κ1) is 21.3. The normalized spacial score (nSPS) is 16.2. The van der Waals surface area contributed by atoms with E-state index in [9.17, 15) is 9.59 Å². The van der Waals surface area contributed by atoms with Gasteiger partial charge in [0.1, 0.15) is 6.04 Å². The number of H-pyrrole nitrogens is 1. The van der Waals surface area contributed by atoms with Gasteiger partial charge in [0.15, 0.2) is 11.0 Å². The Bertz CT molecular complexity index is 1270. The minimum Gasteiger partial charge on any atom is -0.368 e. The van der Waals surface area contributed by atoms with Gasteiger partial charge in [-0.15, -0.1) is 10.2 Å². The van der Waals surface area contributed by atoms with Crippen LogP contribution in [0.15, 0.2) is 65.8 Å². The lowest BCUT2D eigenvalue weighted by atomic mass is 10.0. The molecule has 0 bridgehead atoms. The molecule has 0 saturated carbocycles. The average molecular weight is 461 g/mol. The van der Waals surface area contributed by atoms with E-state index < -0.39 is 11.9 Å². The number of piperidine rings is 1. The number of thioether (sulfide) groups is 1. The minimum atomic E-state index is -0.527. The zero-order valence-electron chi connectivity index (χ0n) is 18.0. The molecule has 1 aliphatic heterocycles. The van der Waals surface area contributed by atoms with E-state index in [-0.39, 0.29) is 11.7 Å². The molecule has 5 rings (SSSR count). The molecule has 0 spiro atoms. The molecule has 8 nitrogen and oxygen atoms in total. The Morgan fingerprint density at radius 2 is 1.85 bits per heavy atom. The van der Waals surface area contributed by atoms with Crippen LogP contribution in [-0.2, 0) is 9.59 Å². The second-order valence-corrected chi connectivity index (χ2v) is 8.98. The average Bonchev–Trinajstić information content (AvgIpc) is 3.47. The Morgan fingerprint density at radius 3 is 2.64 bits per heavy atom. The highest BCUT2D eigenvalue weighted by molar-refractivity contribution is 7.99. The van der Waals surface area contributed by atoms with E-state index in [1.165, 1.54) is 11.8 Å². The van der Waals surface area contributed by atoms with E-state index in [0.29, 0.717) is 23.9 Å². The lowest BCUT2D eigenvalue weighted by molar-refractivity contribution is -0.138. The molecule has 2 aromatic heterocycles. The molecule has 2 aromatic carbocycles. The van der Waals surface area contributed by atoms with Crippen molar-refractivity contribution in [2.45, 2.75) is 30.5 Å². The molecule has 1 saturated heterocycles. The number of aromatic amines is 1. The van der Waals surface area contributed by atoms with Gasteiger partial charge in [0, 0.05) is 23.1 Å². The van der Waals surface area contributed by atoms with Gasteiger partial charge in [-0.3, -0.25) is 14.2 Å². The molecule has 4 aromatic rings. The smallest absolute Gasteiger partial charge is 0.240 e. The third-order valence-corrected chi connectivity index (χ3v) is 6.81. The number of nitrogens with zero attached hydrogens (tertiary/aromatic N) is 4. The SMILES string of the molecule is NC(=O)C1CCCCN1C(=O)CSc1nnc(-c2cc3ccccc3[nH]2)n1-c1ccccc1. The summed E-state index contributed by atoms with van der Waals surface area (Å²) in [5, 5.41) is 10.5. The number of carbonyl (C=O) groups excluding carboxylic acids is 2. The van der Waals surface area contributed by atoms with Gasteiger partial charge in [0.2, 0.25) is 11.8 Å². The van der Waals surface area contributed by atoms with Crippen molar-refractivity contribution in [2.24, 2.45) is 5.73 Å². The molecule has 1 unspecified atom stereocenters. The highest BCUT2D eigenvalue weighted by atomic mass is 32.2. The highest BCUT2D eigenvalue weighted by Gasteiger charge is 2.31. The minimum absolute atomic E-state index is 0.113. The number of nitrogens with two attached hydrogens (primary N) is 1. The Balaban J connectivity index is 1.45. The van der Waals surface area contributed by atoms with Crippen LogP contribution in [0.4, 0.5) is 0 Å². The van der Waals surface area contributed by atoms with Crippen molar-refractivity contribution < 1.29 is 9.59 Å². The number of hydrogen-bond acceptors (Lipinski definition) is 5. The summed E-state index contributed by atoms with van der Waals surface area (Å²) >= 11 is 1.31. The molecule has 1 aliphatic rings. The molecule has 9 heteroatoms. The van der Waals surface area contributed by atoms with Crippen molar-refractivity contribution in [1.82, 2.24) is 24.6 Å². The van der Waals surface area contributed by atoms with Crippen LogP contribution in [0.3, 0.4) is 0 Å². The molecular formula is C24H24N6O2S. The number of aromatic nitrogens is 4. The molecule has 33 heavy (non-hydrogen) atoms. The van der Waals surface area contributed by atoms with Gasteiger partial charge in [-0.1, -0.05) is 48.2 Å². The molecule has 0 radical (unpaired) electrons. The van der Waals surface area contributed by atoms with Crippen molar-refractivity contribution in [3.05, 3.63) is 60.7 Å². The van der Waals surface area contributed by atoms with E-state index in [1.54, 1.807) is 4.90 Å². The molecule has 1 atom stereocenters. The van der Waals surface area contributed by atoms with Gasteiger partial charge < -0.3 is 15.6 Å². The topological polar surface area (TPSA) is 110 Å². The van der Waals surface area contributed by atoms with Crippen LogP contribution in [0.25, 0.3) is 28.1 Å². The zero-order valence-corrected chi connectivity index (χ0v) is 18.8. The number of primary amides is 1. The first-order chi connectivity index (χ1) is 16.1.